The van der Waals surface area contributed by atoms with Crippen LogP contribution < -0.4 is 5.32 Å². The van der Waals surface area contributed by atoms with Crippen LogP contribution >= 0.6 is 11.6 Å². The van der Waals surface area contributed by atoms with E-state index >= 15 is 0 Å². The molecule has 0 spiro atoms. The largest absolute Gasteiger partial charge is 0.349 e. The lowest BCUT2D eigenvalue weighted by Crippen LogP contribution is -2.35. The van der Waals surface area contributed by atoms with E-state index in [1.165, 1.54) is 0 Å². The second-order valence-corrected chi connectivity index (χ2v) is 4.30. The monoisotopic (exact) mass is 250 g/mol. The van der Waals surface area contributed by atoms with Gasteiger partial charge in [0.05, 0.1) is 0 Å². The van der Waals surface area contributed by atoms with Gasteiger partial charge >= 0.3 is 0 Å². The van der Waals surface area contributed by atoms with Gasteiger partial charge in [-0.05, 0) is 23.6 Å². The van der Waals surface area contributed by atoms with Crippen molar-refractivity contribution in [3.05, 3.63) is 22.7 Å². The SMILES string of the molecule is CCc1c2n(c3nc(Cl)ncc13)CCNC2=O. The van der Waals surface area contributed by atoms with Gasteiger partial charge in [-0.25, -0.2) is 4.98 Å². The molecule has 1 aliphatic rings. The Morgan fingerprint density at radius 1 is 1.59 bits per heavy atom. The molecule has 0 aromatic carbocycles. The van der Waals surface area contributed by atoms with Crippen LogP contribution in [0.4, 0.5) is 0 Å². The molecule has 1 amide bonds. The molecule has 1 N–H and O–H groups in total. The average molecular weight is 251 g/mol. The Labute approximate surface area is 103 Å². The second-order valence-electron chi connectivity index (χ2n) is 3.96. The van der Waals surface area contributed by atoms with Crippen LogP contribution in [0.5, 0.6) is 0 Å². The highest BCUT2D eigenvalue weighted by Crippen LogP contribution is 2.27. The fraction of sp³-hybridized carbons (Fsp3) is 0.364. The molecule has 17 heavy (non-hydrogen) atoms. The van der Waals surface area contributed by atoms with Crippen LogP contribution in [0.2, 0.25) is 5.28 Å². The van der Waals surface area contributed by atoms with E-state index in [-0.39, 0.29) is 11.2 Å². The molecule has 3 rings (SSSR count). The Bertz CT molecular complexity index is 619. The maximum atomic E-state index is 11.9. The molecular formula is C11H11ClN4O. The topological polar surface area (TPSA) is 59.8 Å². The van der Waals surface area contributed by atoms with E-state index in [1.807, 2.05) is 11.5 Å². The lowest BCUT2D eigenvalue weighted by atomic mass is 10.1. The highest BCUT2D eigenvalue weighted by Gasteiger charge is 2.25. The predicted octanol–water partition coefficient (Wildman–Crippen LogP) is 1.39. The lowest BCUT2D eigenvalue weighted by Gasteiger charge is -2.17. The van der Waals surface area contributed by atoms with Crippen molar-refractivity contribution in [2.75, 3.05) is 6.54 Å². The zero-order valence-electron chi connectivity index (χ0n) is 9.33. The van der Waals surface area contributed by atoms with Crippen LogP contribution in [0.1, 0.15) is 23.0 Å². The van der Waals surface area contributed by atoms with Gasteiger partial charge in [-0.2, -0.15) is 4.98 Å². The van der Waals surface area contributed by atoms with Gasteiger partial charge in [0.2, 0.25) is 5.28 Å². The number of fused-ring (bicyclic) bond motifs is 3. The summed E-state index contributed by atoms with van der Waals surface area (Å²) in [4.78, 5) is 20.1. The van der Waals surface area contributed by atoms with Gasteiger partial charge in [-0.3, -0.25) is 4.79 Å². The first-order chi connectivity index (χ1) is 8.22. The zero-order valence-corrected chi connectivity index (χ0v) is 10.1. The molecule has 0 atom stereocenters. The summed E-state index contributed by atoms with van der Waals surface area (Å²) in [6, 6.07) is 0. The van der Waals surface area contributed by atoms with Crippen molar-refractivity contribution in [1.29, 1.82) is 0 Å². The number of nitrogens with one attached hydrogen (secondary N) is 1. The smallest absolute Gasteiger partial charge is 0.268 e. The summed E-state index contributed by atoms with van der Waals surface area (Å²) in [7, 11) is 0. The number of carbonyl (C=O) groups is 1. The van der Waals surface area contributed by atoms with Crippen molar-refractivity contribution in [2.45, 2.75) is 19.9 Å². The molecule has 0 saturated heterocycles. The van der Waals surface area contributed by atoms with Gasteiger partial charge in [-0.15, -0.1) is 0 Å². The molecule has 5 nitrogen and oxygen atoms in total. The summed E-state index contributed by atoms with van der Waals surface area (Å²) in [5.41, 5.74) is 2.45. The minimum atomic E-state index is -0.0396. The van der Waals surface area contributed by atoms with Gasteiger partial charge in [0, 0.05) is 24.7 Å². The van der Waals surface area contributed by atoms with Crippen molar-refractivity contribution in [2.24, 2.45) is 0 Å². The Kier molecular flexibility index (Phi) is 2.29. The van der Waals surface area contributed by atoms with Crippen molar-refractivity contribution < 1.29 is 4.79 Å². The number of hydrogen-bond acceptors (Lipinski definition) is 3. The molecule has 0 aliphatic carbocycles. The molecule has 0 fully saturated rings. The van der Waals surface area contributed by atoms with Gasteiger partial charge in [0.15, 0.2) is 0 Å². The van der Waals surface area contributed by atoms with E-state index in [4.69, 9.17) is 11.6 Å². The van der Waals surface area contributed by atoms with Gasteiger partial charge in [0.1, 0.15) is 11.3 Å². The minimum Gasteiger partial charge on any atom is -0.349 e. The molecule has 6 heteroatoms. The molecule has 2 aromatic heterocycles. The third-order valence-corrected chi connectivity index (χ3v) is 3.25. The first kappa shape index (κ1) is 10.5. The fourth-order valence-corrected chi connectivity index (χ4v) is 2.50. The van der Waals surface area contributed by atoms with E-state index < -0.39 is 0 Å². The van der Waals surface area contributed by atoms with Crippen LogP contribution in [0.3, 0.4) is 0 Å². The van der Waals surface area contributed by atoms with Crippen LogP contribution in [0.25, 0.3) is 11.0 Å². The molecule has 88 valence electrons. The van der Waals surface area contributed by atoms with Gasteiger partial charge in [-0.1, -0.05) is 6.92 Å². The first-order valence-electron chi connectivity index (χ1n) is 5.54. The molecular weight excluding hydrogens is 240 g/mol. The lowest BCUT2D eigenvalue weighted by molar-refractivity contribution is 0.0928. The predicted molar refractivity (Wildman–Crippen MR) is 64.2 cm³/mol. The van der Waals surface area contributed by atoms with Crippen LogP contribution in [-0.4, -0.2) is 27.0 Å². The standard InChI is InChI=1S/C11H11ClN4O/c1-2-6-7-5-14-11(12)15-9(7)16-4-3-13-10(17)8(6)16/h5H,2-4H2,1H3,(H,13,17). The summed E-state index contributed by atoms with van der Waals surface area (Å²) >= 11 is 5.81. The van der Waals surface area contributed by atoms with E-state index in [0.29, 0.717) is 12.2 Å². The molecule has 1 aliphatic heterocycles. The maximum absolute atomic E-state index is 11.9. The maximum Gasteiger partial charge on any atom is 0.268 e. The summed E-state index contributed by atoms with van der Waals surface area (Å²) in [5.74, 6) is -0.0396. The van der Waals surface area contributed by atoms with E-state index in [9.17, 15) is 4.79 Å². The average Bonchev–Trinajstić information content (AvgIpc) is 2.64. The van der Waals surface area contributed by atoms with Crippen molar-refractivity contribution in [3.63, 3.8) is 0 Å². The molecule has 0 radical (unpaired) electrons. The summed E-state index contributed by atoms with van der Waals surface area (Å²) in [6.07, 6.45) is 2.47. The molecule has 0 bridgehead atoms. The van der Waals surface area contributed by atoms with Crippen molar-refractivity contribution >= 4 is 28.5 Å². The Morgan fingerprint density at radius 2 is 2.41 bits per heavy atom. The fourth-order valence-electron chi connectivity index (χ4n) is 2.37. The van der Waals surface area contributed by atoms with Crippen molar-refractivity contribution in [1.82, 2.24) is 19.9 Å². The number of aromatic nitrogens is 3. The Morgan fingerprint density at radius 3 is 3.18 bits per heavy atom. The normalized spacial score (nSPS) is 14.8. The van der Waals surface area contributed by atoms with Gasteiger partial charge < -0.3 is 9.88 Å². The Balaban J connectivity index is 2.42. The minimum absolute atomic E-state index is 0.0396. The van der Waals surface area contributed by atoms with E-state index in [2.05, 4.69) is 15.3 Å². The Hall–Kier alpha value is -1.62. The number of aryl methyl sites for hydroxylation is 1. The quantitative estimate of drug-likeness (QED) is 0.778. The van der Waals surface area contributed by atoms with E-state index in [1.54, 1.807) is 6.20 Å². The second kappa shape index (κ2) is 3.70. The number of halogens is 1. The van der Waals surface area contributed by atoms with Crippen LogP contribution in [-0.2, 0) is 13.0 Å². The van der Waals surface area contributed by atoms with Gasteiger partial charge in [0.25, 0.3) is 5.91 Å². The number of nitrogens with zero attached hydrogens (tertiary/aromatic N) is 3. The highest BCUT2D eigenvalue weighted by molar-refractivity contribution is 6.28. The third kappa shape index (κ3) is 1.42. The molecule has 3 heterocycles. The molecule has 2 aromatic rings. The highest BCUT2D eigenvalue weighted by atomic mass is 35.5. The van der Waals surface area contributed by atoms with Crippen molar-refractivity contribution in [3.8, 4) is 0 Å². The number of carbonyl (C=O) groups excluding carboxylic acids is 1. The van der Waals surface area contributed by atoms with Crippen LogP contribution in [0, 0.1) is 0 Å². The van der Waals surface area contributed by atoms with E-state index in [0.717, 1.165) is 29.6 Å². The zero-order chi connectivity index (χ0) is 12.0. The molecule has 0 saturated carbocycles. The third-order valence-electron chi connectivity index (χ3n) is 3.07. The summed E-state index contributed by atoms with van der Waals surface area (Å²) in [6.45, 7) is 3.37. The summed E-state index contributed by atoms with van der Waals surface area (Å²) in [5, 5.41) is 3.98. The summed E-state index contributed by atoms with van der Waals surface area (Å²) < 4.78 is 1.93. The molecule has 0 unspecified atom stereocenters. The number of rotatable bonds is 1. The first-order valence-corrected chi connectivity index (χ1v) is 5.92. The number of amides is 1. The number of hydrogen-bond donors (Lipinski definition) is 1. The van der Waals surface area contributed by atoms with Crippen LogP contribution in [0.15, 0.2) is 6.20 Å².